The number of phenolic OH excluding ortho intramolecular Hbond substituents is 1. The van der Waals surface area contributed by atoms with Crippen LogP contribution < -0.4 is 10.7 Å². The van der Waals surface area contributed by atoms with Crippen molar-refractivity contribution in [3.63, 3.8) is 0 Å². The molecule has 2 aromatic carbocycles. The van der Waals surface area contributed by atoms with Gasteiger partial charge in [-0.2, -0.15) is 5.10 Å². The summed E-state index contributed by atoms with van der Waals surface area (Å²) in [5.74, 6) is -0.217. The topological polar surface area (TPSA) is 73.7 Å². The molecule has 3 N–H and O–H groups in total. The Morgan fingerprint density at radius 3 is 2.57 bits per heavy atom. The summed E-state index contributed by atoms with van der Waals surface area (Å²) >= 11 is 9.89. The van der Waals surface area contributed by atoms with E-state index in [1.807, 2.05) is 30.3 Å². The quantitative estimate of drug-likeness (QED) is 0.420. The number of hydrogen-bond acceptors (Lipinski definition) is 4. The summed E-state index contributed by atoms with van der Waals surface area (Å²) in [6.07, 6.45) is 1.45. The van der Waals surface area contributed by atoms with Crippen LogP contribution in [0.5, 0.6) is 5.75 Å². The second kappa shape index (κ2) is 8.47. The van der Waals surface area contributed by atoms with Crippen LogP contribution in [-0.4, -0.2) is 23.8 Å². The number of para-hydroxylation sites is 1. The fraction of sp³-hybridized carbons (Fsp3) is 0.0667. The van der Waals surface area contributed by atoms with Gasteiger partial charge in [0.15, 0.2) is 0 Å². The summed E-state index contributed by atoms with van der Waals surface area (Å²) in [7, 11) is 0. The number of aromatic hydroxyl groups is 1. The fourth-order valence-electron chi connectivity index (χ4n) is 1.66. The smallest absolute Gasteiger partial charge is 0.259 e. The van der Waals surface area contributed by atoms with E-state index in [0.717, 1.165) is 10.2 Å². The monoisotopic (exact) mass is 503 g/mol. The number of carbonyl (C=O) groups is 1. The molecular weight excluding hydrogens is 494 g/mol. The van der Waals surface area contributed by atoms with Crippen molar-refractivity contribution in [1.82, 2.24) is 5.43 Å². The first-order chi connectivity index (χ1) is 11.0. The van der Waals surface area contributed by atoms with Gasteiger partial charge in [-0.1, -0.05) is 34.1 Å². The number of benzene rings is 2. The third kappa shape index (κ3) is 5.05. The van der Waals surface area contributed by atoms with E-state index in [2.05, 4.69) is 63.6 Å². The molecular formula is C15H12Br3N3O2. The number of nitrogens with one attached hydrogen (secondary N) is 2. The van der Waals surface area contributed by atoms with Crippen molar-refractivity contribution in [2.45, 2.75) is 0 Å². The van der Waals surface area contributed by atoms with Crippen LogP contribution >= 0.6 is 47.8 Å². The Balaban J connectivity index is 1.94. The zero-order chi connectivity index (χ0) is 16.8. The highest BCUT2D eigenvalue weighted by atomic mass is 79.9. The van der Waals surface area contributed by atoms with E-state index >= 15 is 0 Å². The van der Waals surface area contributed by atoms with Crippen LogP contribution in [0.15, 0.2) is 54.9 Å². The zero-order valence-corrected chi connectivity index (χ0v) is 16.4. The van der Waals surface area contributed by atoms with Gasteiger partial charge in [-0.05, 0) is 50.1 Å². The Morgan fingerprint density at radius 2 is 1.87 bits per heavy atom. The predicted molar refractivity (Wildman–Crippen MR) is 102 cm³/mol. The van der Waals surface area contributed by atoms with Gasteiger partial charge in [0.2, 0.25) is 0 Å². The highest BCUT2D eigenvalue weighted by Gasteiger charge is 2.12. The number of anilines is 1. The molecule has 0 bridgehead atoms. The Morgan fingerprint density at radius 1 is 1.17 bits per heavy atom. The minimum atomic E-state index is -0.279. The third-order valence-corrected chi connectivity index (χ3v) is 4.85. The molecule has 0 aliphatic heterocycles. The molecule has 1 amide bonds. The number of rotatable bonds is 5. The molecule has 5 nitrogen and oxygen atoms in total. The lowest BCUT2D eigenvalue weighted by atomic mass is 10.2. The molecule has 0 saturated heterocycles. The van der Waals surface area contributed by atoms with Gasteiger partial charge in [0.1, 0.15) is 5.75 Å². The van der Waals surface area contributed by atoms with Crippen molar-refractivity contribution in [3.05, 3.63) is 55.4 Å². The van der Waals surface area contributed by atoms with Crippen LogP contribution in [0.1, 0.15) is 5.56 Å². The Hall–Kier alpha value is -1.38. The number of halogens is 3. The van der Waals surface area contributed by atoms with E-state index in [9.17, 15) is 9.90 Å². The molecule has 23 heavy (non-hydrogen) atoms. The second-order valence-electron chi connectivity index (χ2n) is 4.43. The molecule has 2 aromatic rings. The first kappa shape index (κ1) is 18.0. The van der Waals surface area contributed by atoms with E-state index < -0.39 is 0 Å². The molecule has 0 heterocycles. The van der Waals surface area contributed by atoms with Gasteiger partial charge in [0.05, 0.1) is 21.7 Å². The number of phenols is 1. The van der Waals surface area contributed by atoms with Crippen LogP contribution in [0, 0.1) is 0 Å². The molecule has 0 radical (unpaired) electrons. The lowest BCUT2D eigenvalue weighted by Gasteiger charge is -2.07. The lowest BCUT2D eigenvalue weighted by Crippen LogP contribution is -2.25. The van der Waals surface area contributed by atoms with E-state index in [4.69, 9.17) is 0 Å². The van der Waals surface area contributed by atoms with Crippen LogP contribution in [0.4, 0.5) is 5.69 Å². The molecule has 0 fully saturated rings. The van der Waals surface area contributed by atoms with Gasteiger partial charge >= 0.3 is 0 Å². The zero-order valence-electron chi connectivity index (χ0n) is 11.7. The molecule has 0 aliphatic carbocycles. The highest BCUT2D eigenvalue weighted by molar-refractivity contribution is 9.11. The van der Waals surface area contributed by atoms with E-state index in [0.29, 0.717) is 14.5 Å². The fourth-order valence-corrected chi connectivity index (χ4v) is 3.99. The maximum Gasteiger partial charge on any atom is 0.259 e. The van der Waals surface area contributed by atoms with Crippen LogP contribution in [0.25, 0.3) is 0 Å². The number of hydrogen-bond donors (Lipinski definition) is 3. The van der Waals surface area contributed by atoms with Crippen LogP contribution in [0.2, 0.25) is 0 Å². The summed E-state index contributed by atoms with van der Waals surface area (Å²) in [5.41, 5.74) is 3.89. The van der Waals surface area contributed by atoms with Gasteiger partial charge in [0, 0.05) is 15.7 Å². The van der Waals surface area contributed by atoms with Crippen molar-refractivity contribution in [2.24, 2.45) is 5.10 Å². The Bertz CT molecular complexity index is 736. The molecule has 120 valence electrons. The number of hydrazone groups is 1. The highest BCUT2D eigenvalue weighted by Crippen LogP contribution is 2.38. The minimum absolute atomic E-state index is 0.0618. The Kier molecular flexibility index (Phi) is 6.61. The first-order valence-corrected chi connectivity index (χ1v) is 8.84. The average molecular weight is 506 g/mol. The Labute approximate surface area is 158 Å². The maximum atomic E-state index is 11.7. The maximum absolute atomic E-state index is 11.7. The average Bonchev–Trinajstić information content (AvgIpc) is 2.55. The van der Waals surface area contributed by atoms with Crippen molar-refractivity contribution in [3.8, 4) is 5.75 Å². The summed E-state index contributed by atoms with van der Waals surface area (Å²) in [6, 6.07) is 11.1. The summed E-state index contributed by atoms with van der Waals surface area (Å²) in [5, 5.41) is 16.7. The van der Waals surface area contributed by atoms with Gasteiger partial charge in [-0.15, -0.1) is 0 Å². The standard InChI is InChI=1S/C15H12Br3N3O2/c16-11-6-12(17)15(23)14(18)10(11)7-20-21-13(22)8-19-9-4-2-1-3-5-9/h1-7,19,23H,8H2,(H,21,22). The summed E-state index contributed by atoms with van der Waals surface area (Å²) in [6.45, 7) is 0.106. The lowest BCUT2D eigenvalue weighted by molar-refractivity contribution is -0.119. The first-order valence-electron chi connectivity index (χ1n) is 6.46. The number of nitrogens with zero attached hydrogens (tertiary/aromatic N) is 1. The second-order valence-corrected chi connectivity index (χ2v) is 6.93. The van der Waals surface area contributed by atoms with Crippen molar-refractivity contribution in [2.75, 3.05) is 11.9 Å². The molecule has 0 atom stereocenters. The third-order valence-electron chi connectivity index (χ3n) is 2.79. The van der Waals surface area contributed by atoms with E-state index in [1.54, 1.807) is 6.07 Å². The molecule has 2 rings (SSSR count). The summed E-state index contributed by atoms with van der Waals surface area (Å²) < 4.78 is 1.73. The molecule has 0 aromatic heterocycles. The van der Waals surface area contributed by atoms with Crippen molar-refractivity contribution < 1.29 is 9.90 Å². The normalized spacial score (nSPS) is 10.7. The number of carbonyl (C=O) groups excluding carboxylic acids is 1. The summed E-state index contributed by atoms with van der Waals surface area (Å²) in [4.78, 5) is 11.7. The molecule has 0 unspecified atom stereocenters. The number of amides is 1. The van der Waals surface area contributed by atoms with Gasteiger partial charge in [0.25, 0.3) is 5.91 Å². The van der Waals surface area contributed by atoms with E-state index in [-0.39, 0.29) is 18.2 Å². The van der Waals surface area contributed by atoms with Crippen LogP contribution in [-0.2, 0) is 4.79 Å². The largest absolute Gasteiger partial charge is 0.506 e. The van der Waals surface area contributed by atoms with Gasteiger partial charge < -0.3 is 10.4 Å². The molecule has 0 spiro atoms. The molecule has 0 aliphatic rings. The van der Waals surface area contributed by atoms with Crippen molar-refractivity contribution >= 4 is 65.6 Å². The van der Waals surface area contributed by atoms with Crippen molar-refractivity contribution in [1.29, 1.82) is 0 Å². The SMILES string of the molecule is O=C(CNc1ccccc1)NN=Cc1c(Br)cc(Br)c(O)c1Br. The van der Waals surface area contributed by atoms with Gasteiger partial charge in [-0.25, -0.2) is 5.43 Å². The van der Waals surface area contributed by atoms with Gasteiger partial charge in [-0.3, -0.25) is 4.79 Å². The van der Waals surface area contributed by atoms with Crippen LogP contribution in [0.3, 0.4) is 0 Å². The van der Waals surface area contributed by atoms with E-state index in [1.165, 1.54) is 6.21 Å². The molecule has 0 saturated carbocycles. The predicted octanol–water partition coefficient (Wildman–Crippen LogP) is 4.24. The molecule has 8 heteroatoms. The minimum Gasteiger partial charge on any atom is -0.506 e.